The second-order valence-electron chi connectivity index (χ2n) is 0.673. The van der Waals surface area contributed by atoms with Gasteiger partial charge in [-0.05, 0) is 0 Å². The average Bonchev–Trinajstić information content (AvgIpc) is 1.35. The Balaban J connectivity index is -0.00000000833. The molecule has 0 aromatic heterocycles. The summed E-state index contributed by atoms with van der Waals surface area (Å²) in [5.41, 5.74) is 0. The van der Waals surface area contributed by atoms with Gasteiger partial charge in [-0.15, -0.1) is 0 Å². The summed E-state index contributed by atoms with van der Waals surface area (Å²) in [6, 6.07) is 0. The van der Waals surface area contributed by atoms with Gasteiger partial charge in [-0.3, -0.25) is 4.52 Å². The van der Waals surface area contributed by atoms with E-state index in [2.05, 4.69) is 4.52 Å². The third kappa shape index (κ3) is 94.3. The zero-order valence-corrected chi connectivity index (χ0v) is 7.05. The minimum absolute atomic E-state index is 0. The lowest BCUT2D eigenvalue weighted by atomic mass is 11.8. The van der Waals surface area contributed by atoms with Gasteiger partial charge in [-0.2, -0.15) is 0 Å². The average molecular weight is 220 g/mol. The first-order valence-corrected chi connectivity index (χ1v) is 2.70. The van der Waals surface area contributed by atoms with Crippen molar-refractivity contribution in [2.24, 2.45) is 0 Å². The second kappa shape index (κ2) is 22.4. The second-order valence-corrected chi connectivity index (χ2v) is 2.02. The van der Waals surface area contributed by atoms with Crippen molar-refractivity contribution in [1.82, 2.24) is 0 Å². The Morgan fingerprint density at radius 3 is 1.00 bits per heavy atom. The largest absolute Gasteiger partial charge is 0.469 e. The number of phosphoric acid groups is 1. The summed E-state index contributed by atoms with van der Waals surface area (Å²) in [5.74, 6) is 0. The monoisotopic (exact) mass is 220 g/mol. The van der Waals surface area contributed by atoms with Gasteiger partial charge >= 0.3 is 7.82 Å². The Labute approximate surface area is 67.9 Å². The molecule has 0 aliphatic carbocycles. The molecule has 0 bridgehead atoms. The van der Waals surface area contributed by atoms with Crippen LogP contribution in [-0.4, -0.2) is 49.8 Å². The highest BCUT2D eigenvalue weighted by Crippen LogP contribution is 2.33. The van der Waals surface area contributed by atoms with E-state index in [1.54, 1.807) is 0 Å². The molecule has 0 atom stereocenters. The van der Waals surface area contributed by atoms with Gasteiger partial charge in [0.2, 0.25) is 0 Å². The highest BCUT2D eigenvalue weighted by molar-refractivity contribution is 7.46. The van der Waals surface area contributed by atoms with Crippen LogP contribution in [0.4, 0.5) is 0 Å². The van der Waals surface area contributed by atoms with E-state index in [0.29, 0.717) is 0 Å². The molecule has 14 N–H and O–H groups in total. The van der Waals surface area contributed by atoms with Gasteiger partial charge in [-0.25, -0.2) is 4.57 Å². The van der Waals surface area contributed by atoms with Crippen molar-refractivity contribution in [2.75, 3.05) is 7.11 Å². The predicted octanol–water partition coefficient (Wildman–Crippen LogP) is -5.22. The Bertz CT molecular complexity index is 73.9. The number of rotatable bonds is 1. The fraction of sp³-hybridized carbons (Fsp3) is 1.00. The van der Waals surface area contributed by atoms with Crippen molar-refractivity contribution in [1.29, 1.82) is 0 Å². The third-order valence-corrected chi connectivity index (χ3v) is 0.714. The first kappa shape index (κ1) is 59.1. The molecule has 0 aliphatic rings. The summed E-state index contributed by atoms with van der Waals surface area (Å²) in [5, 5.41) is 0. The summed E-state index contributed by atoms with van der Waals surface area (Å²) in [6.07, 6.45) is 0. The molecule has 0 saturated carbocycles. The fourth-order valence-corrected chi connectivity index (χ4v) is 0. The topological polar surface area (TPSA) is 256 Å². The maximum absolute atomic E-state index is 9.47. The minimum Gasteiger partial charge on any atom is -0.412 e. The molecule has 0 spiro atoms. The molecule has 0 fully saturated rings. The van der Waals surface area contributed by atoms with E-state index >= 15 is 0 Å². The van der Waals surface area contributed by atoms with Crippen LogP contribution >= 0.6 is 7.82 Å². The first-order valence-electron chi connectivity index (χ1n) is 1.17. The zero-order chi connectivity index (χ0) is 5.21. The molecule has 0 aromatic carbocycles. The molecule has 11 heteroatoms. The Kier molecular flexibility index (Phi) is 111. The number of hydrogen-bond acceptors (Lipinski definition) is 2. The SMILES string of the molecule is COP(=O)(O)O.O.O.O.O.O.O. The molecule has 0 rings (SSSR count). The van der Waals surface area contributed by atoms with Crippen LogP contribution in [0, 0.1) is 0 Å². The van der Waals surface area contributed by atoms with E-state index in [0.717, 1.165) is 7.11 Å². The van der Waals surface area contributed by atoms with Crippen LogP contribution in [0.1, 0.15) is 0 Å². The lowest BCUT2D eigenvalue weighted by molar-refractivity contribution is 0.235. The Hall–Kier alpha value is -0.130. The number of hydrogen-bond donors (Lipinski definition) is 2. The van der Waals surface area contributed by atoms with Crippen LogP contribution in [0.3, 0.4) is 0 Å². The van der Waals surface area contributed by atoms with E-state index < -0.39 is 7.82 Å². The molecule has 10 nitrogen and oxygen atoms in total. The van der Waals surface area contributed by atoms with Crippen LogP contribution in [0.25, 0.3) is 0 Å². The zero-order valence-electron chi connectivity index (χ0n) is 6.16. The van der Waals surface area contributed by atoms with Crippen molar-refractivity contribution in [3.8, 4) is 0 Å². The normalized spacial score (nSPS) is 5.92. The van der Waals surface area contributed by atoms with Gasteiger partial charge in [0, 0.05) is 7.11 Å². The molecule has 0 radical (unpaired) electrons. The quantitative estimate of drug-likeness (QED) is 0.410. The summed E-state index contributed by atoms with van der Waals surface area (Å²) in [6.45, 7) is 0. The van der Waals surface area contributed by atoms with Gasteiger partial charge in [-0.1, -0.05) is 0 Å². The van der Waals surface area contributed by atoms with Gasteiger partial charge in [0.1, 0.15) is 0 Å². The smallest absolute Gasteiger partial charge is 0.412 e. The van der Waals surface area contributed by atoms with Gasteiger partial charge in [0.05, 0.1) is 0 Å². The lowest BCUT2D eigenvalue weighted by Gasteiger charge is -1.93. The molecule has 0 saturated heterocycles. The van der Waals surface area contributed by atoms with E-state index in [9.17, 15) is 4.57 Å². The molecule has 0 aliphatic heterocycles. The van der Waals surface area contributed by atoms with Crippen molar-refractivity contribution in [3.63, 3.8) is 0 Å². The first-order chi connectivity index (χ1) is 2.56. The van der Waals surface area contributed by atoms with Crippen molar-refractivity contribution in [2.45, 2.75) is 0 Å². The molecule has 0 heterocycles. The molecule has 0 unspecified atom stereocenters. The highest BCUT2D eigenvalue weighted by atomic mass is 31.2. The molecular formula is CH17O10P. The van der Waals surface area contributed by atoms with E-state index in [1.807, 2.05) is 0 Å². The molecule has 12 heavy (non-hydrogen) atoms. The summed E-state index contributed by atoms with van der Waals surface area (Å²) < 4.78 is 13.1. The third-order valence-electron chi connectivity index (χ3n) is 0.238. The van der Waals surface area contributed by atoms with Gasteiger partial charge < -0.3 is 42.6 Å². The maximum Gasteiger partial charge on any atom is 0.469 e. The standard InChI is InChI=1S/CH5O4P.6H2O/c1-5-6(2,3)4;;;;;;/h1H3,(H2,2,3,4);6*1H2. The van der Waals surface area contributed by atoms with Gasteiger partial charge in [0.15, 0.2) is 0 Å². The molecular weight excluding hydrogens is 203 g/mol. The fourth-order valence-electron chi connectivity index (χ4n) is 0. The van der Waals surface area contributed by atoms with Crippen LogP contribution in [0.2, 0.25) is 0 Å². The summed E-state index contributed by atoms with van der Waals surface area (Å²) in [7, 11) is -3.20. The lowest BCUT2D eigenvalue weighted by Crippen LogP contribution is -1.76. The van der Waals surface area contributed by atoms with Crippen LogP contribution < -0.4 is 0 Å². The van der Waals surface area contributed by atoms with E-state index in [-0.39, 0.29) is 32.9 Å². The summed E-state index contributed by atoms with van der Waals surface area (Å²) in [4.78, 5) is 15.4. The Morgan fingerprint density at radius 2 is 1.00 bits per heavy atom. The van der Waals surface area contributed by atoms with Gasteiger partial charge in [0.25, 0.3) is 0 Å². The van der Waals surface area contributed by atoms with E-state index in [4.69, 9.17) is 9.79 Å². The van der Waals surface area contributed by atoms with Crippen LogP contribution in [0.15, 0.2) is 0 Å². The van der Waals surface area contributed by atoms with Crippen molar-refractivity contribution >= 4 is 7.82 Å². The summed E-state index contributed by atoms with van der Waals surface area (Å²) >= 11 is 0. The van der Waals surface area contributed by atoms with E-state index in [1.165, 1.54) is 0 Å². The molecule has 0 aromatic rings. The minimum atomic E-state index is -4.15. The maximum atomic E-state index is 9.47. The molecule has 0 amide bonds. The Morgan fingerprint density at radius 1 is 0.917 bits per heavy atom. The van der Waals surface area contributed by atoms with Crippen LogP contribution in [0.5, 0.6) is 0 Å². The predicted molar refractivity (Wildman–Crippen MR) is 40.7 cm³/mol. The molecule has 86 valence electrons. The highest BCUT2D eigenvalue weighted by Gasteiger charge is 2.07. The number of phosphoric ester groups is 1. The van der Waals surface area contributed by atoms with Crippen LogP contribution in [-0.2, 0) is 9.09 Å². The van der Waals surface area contributed by atoms with Crippen molar-refractivity contribution < 1.29 is 51.7 Å². The van der Waals surface area contributed by atoms with Crippen molar-refractivity contribution in [3.05, 3.63) is 0 Å².